The van der Waals surface area contributed by atoms with Crippen molar-refractivity contribution in [1.29, 1.82) is 0 Å². The minimum absolute atomic E-state index is 0.150. The molecule has 0 amide bonds. The van der Waals surface area contributed by atoms with Crippen molar-refractivity contribution >= 4 is 19.7 Å². The van der Waals surface area contributed by atoms with E-state index in [1.54, 1.807) is 19.1 Å². The molecule has 1 aromatic carbocycles. The van der Waals surface area contributed by atoms with Gasteiger partial charge in [-0.15, -0.1) is 0 Å². The molecule has 0 atom stereocenters. The van der Waals surface area contributed by atoms with Crippen LogP contribution in [0.4, 0.5) is 0 Å². The van der Waals surface area contributed by atoms with E-state index in [1.807, 2.05) is 0 Å². The van der Waals surface area contributed by atoms with Crippen molar-refractivity contribution in [2.75, 3.05) is 6.61 Å². The Balaban J connectivity index is 2.04. The predicted molar refractivity (Wildman–Crippen MR) is 71.7 cm³/mol. The summed E-state index contributed by atoms with van der Waals surface area (Å²) in [5.74, 6) is 1.35. The number of halogens is 1. The molecular formula is C13H17ClO3S. The van der Waals surface area contributed by atoms with Crippen LogP contribution in [-0.2, 0) is 9.05 Å². The van der Waals surface area contributed by atoms with Gasteiger partial charge in [0, 0.05) is 10.7 Å². The summed E-state index contributed by atoms with van der Waals surface area (Å²) in [6, 6.07) is 4.89. The maximum absolute atomic E-state index is 11.3. The molecule has 1 aliphatic rings. The molecule has 0 spiro atoms. The van der Waals surface area contributed by atoms with E-state index >= 15 is 0 Å². The van der Waals surface area contributed by atoms with Gasteiger partial charge in [-0.25, -0.2) is 8.42 Å². The van der Waals surface area contributed by atoms with Crippen LogP contribution in [0.3, 0.4) is 0 Å². The van der Waals surface area contributed by atoms with Crippen molar-refractivity contribution in [1.82, 2.24) is 0 Å². The molecule has 0 heterocycles. The number of hydrogen-bond donors (Lipinski definition) is 0. The lowest BCUT2D eigenvalue weighted by Crippen LogP contribution is -2.08. The Kier molecular flexibility index (Phi) is 4.17. The average molecular weight is 289 g/mol. The molecule has 18 heavy (non-hydrogen) atoms. The Morgan fingerprint density at radius 3 is 2.56 bits per heavy atom. The summed E-state index contributed by atoms with van der Waals surface area (Å²) in [6.45, 7) is 2.43. The lowest BCUT2D eigenvalue weighted by molar-refractivity contribution is 0.252. The first-order valence-corrected chi connectivity index (χ1v) is 8.46. The molecule has 100 valence electrons. The minimum atomic E-state index is -3.66. The van der Waals surface area contributed by atoms with Crippen LogP contribution in [0, 0.1) is 12.8 Å². The van der Waals surface area contributed by atoms with Crippen molar-refractivity contribution in [3.05, 3.63) is 23.8 Å². The molecule has 1 aromatic rings. The molecule has 0 radical (unpaired) electrons. The second kappa shape index (κ2) is 5.49. The zero-order valence-electron chi connectivity index (χ0n) is 10.4. The normalized spacial score (nSPS) is 17.0. The van der Waals surface area contributed by atoms with Gasteiger partial charge >= 0.3 is 0 Å². The zero-order chi connectivity index (χ0) is 13.2. The Labute approximate surface area is 113 Å². The summed E-state index contributed by atoms with van der Waals surface area (Å²) >= 11 is 0. The Bertz CT molecular complexity index is 519. The van der Waals surface area contributed by atoms with Gasteiger partial charge in [-0.05, 0) is 49.4 Å². The van der Waals surface area contributed by atoms with Gasteiger partial charge < -0.3 is 4.74 Å². The van der Waals surface area contributed by atoms with E-state index in [2.05, 4.69) is 0 Å². The van der Waals surface area contributed by atoms with Gasteiger partial charge in [0.05, 0.1) is 11.5 Å². The highest BCUT2D eigenvalue weighted by Crippen LogP contribution is 2.27. The van der Waals surface area contributed by atoms with E-state index in [4.69, 9.17) is 15.4 Å². The predicted octanol–water partition coefficient (Wildman–Crippen LogP) is 3.49. The molecule has 1 saturated carbocycles. The fourth-order valence-electron chi connectivity index (χ4n) is 2.38. The van der Waals surface area contributed by atoms with E-state index in [0.29, 0.717) is 23.8 Å². The number of rotatable bonds is 4. The molecule has 0 unspecified atom stereocenters. The summed E-state index contributed by atoms with van der Waals surface area (Å²) < 4.78 is 28.2. The lowest BCUT2D eigenvalue weighted by Gasteiger charge is -2.12. The molecule has 0 N–H and O–H groups in total. The summed E-state index contributed by atoms with van der Waals surface area (Å²) in [5.41, 5.74) is 0.619. The highest BCUT2D eigenvalue weighted by atomic mass is 35.7. The van der Waals surface area contributed by atoms with Crippen molar-refractivity contribution in [3.63, 3.8) is 0 Å². The summed E-state index contributed by atoms with van der Waals surface area (Å²) in [5, 5.41) is 0. The summed E-state index contributed by atoms with van der Waals surface area (Å²) in [6.07, 6.45) is 5.03. The van der Waals surface area contributed by atoms with Crippen LogP contribution in [0.2, 0.25) is 0 Å². The van der Waals surface area contributed by atoms with E-state index in [0.717, 1.165) is 0 Å². The molecule has 5 heteroatoms. The Morgan fingerprint density at radius 2 is 2.00 bits per heavy atom. The van der Waals surface area contributed by atoms with Crippen LogP contribution in [0.1, 0.15) is 31.2 Å². The molecule has 3 nitrogen and oxygen atoms in total. The van der Waals surface area contributed by atoms with Crippen molar-refractivity contribution in [3.8, 4) is 5.75 Å². The minimum Gasteiger partial charge on any atom is -0.493 e. The SMILES string of the molecule is Cc1cc(OCC2CCCC2)ccc1S(=O)(=O)Cl. The van der Waals surface area contributed by atoms with Crippen LogP contribution in [0.5, 0.6) is 5.75 Å². The third-order valence-electron chi connectivity index (χ3n) is 3.37. The van der Waals surface area contributed by atoms with Gasteiger partial charge in [-0.1, -0.05) is 12.8 Å². The van der Waals surface area contributed by atoms with E-state index in [9.17, 15) is 8.42 Å². The van der Waals surface area contributed by atoms with Gasteiger partial charge in [-0.2, -0.15) is 0 Å². The molecule has 0 saturated heterocycles. The molecular weight excluding hydrogens is 272 g/mol. The van der Waals surface area contributed by atoms with Gasteiger partial charge in [0.15, 0.2) is 0 Å². The van der Waals surface area contributed by atoms with Crippen LogP contribution in [-0.4, -0.2) is 15.0 Å². The maximum Gasteiger partial charge on any atom is 0.261 e. The van der Waals surface area contributed by atoms with Gasteiger partial charge in [0.1, 0.15) is 5.75 Å². The average Bonchev–Trinajstić information content (AvgIpc) is 2.77. The number of aryl methyl sites for hydroxylation is 1. The largest absolute Gasteiger partial charge is 0.493 e. The van der Waals surface area contributed by atoms with Gasteiger partial charge in [0.25, 0.3) is 9.05 Å². The Hall–Kier alpha value is -0.740. The highest BCUT2D eigenvalue weighted by molar-refractivity contribution is 8.13. The fourth-order valence-corrected chi connectivity index (χ4v) is 3.57. The third-order valence-corrected chi connectivity index (χ3v) is 4.85. The van der Waals surface area contributed by atoms with Crippen LogP contribution in [0.25, 0.3) is 0 Å². The summed E-state index contributed by atoms with van der Waals surface area (Å²) in [4.78, 5) is 0.150. The molecule has 0 aromatic heterocycles. The van der Waals surface area contributed by atoms with Crippen LogP contribution < -0.4 is 4.74 Å². The first-order valence-electron chi connectivity index (χ1n) is 6.15. The van der Waals surface area contributed by atoms with Crippen LogP contribution in [0.15, 0.2) is 23.1 Å². The van der Waals surface area contributed by atoms with Crippen molar-refractivity contribution in [2.45, 2.75) is 37.5 Å². The first kappa shape index (κ1) is 13.7. The maximum atomic E-state index is 11.3. The number of hydrogen-bond acceptors (Lipinski definition) is 3. The molecule has 1 fully saturated rings. The standard InChI is InChI=1S/C13H17ClO3S/c1-10-8-12(6-7-13(10)18(14,15)16)17-9-11-4-2-3-5-11/h6-8,11H,2-5,9H2,1H3. The summed E-state index contributed by atoms with van der Waals surface area (Å²) in [7, 11) is 1.66. The van der Waals surface area contributed by atoms with Gasteiger partial charge in [0.2, 0.25) is 0 Å². The highest BCUT2D eigenvalue weighted by Gasteiger charge is 2.17. The number of ether oxygens (including phenoxy) is 1. The molecule has 2 rings (SSSR count). The Morgan fingerprint density at radius 1 is 1.33 bits per heavy atom. The smallest absolute Gasteiger partial charge is 0.261 e. The fraction of sp³-hybridized carbons (Fsp3) is 0.538. The third kappa shape index (κ3) is 3.39. The quantitative estimate of drug-likeness (QED) is 0.797. The van der Waals surface area contributed by atoms with E-state index < -0.39 is 9.05 Å². The monoisotopic (exact) mass is 288 g/mol. The van der Waals surface area contributed by atoms with Gasteiger partial charge in [-0.3, -0.25) is 0 Å². The lowest BCUT2D eigenvalue weighted by atomic mass is 10.1. The zero-order valence-corrected chi connectivity index (χ0v) is 11.9. The van der Waals surface area contributed by atoms with E-state index in [-0.39, 0.29) is 4.90 Å². The van der Waals surface area contributed by atoms with Crippen LogP contribution >= 0.6 is 10.7 Å². The molecule has 0 bridgehead atoms. The van der Waals surface area contributed by atoms with Crippen molar-refractivity contribution < 1.29 is 13.2 Å². The first-order chi connectivity index (χ1) is 8.47. The topological polar surface area (TPSA) is 43.4 Å². The second-order valence-corrected chi connectivity index (χ2v) is 7.36. The second-order valence-electron chi connectivity index (χ2n) is 4.83. The van der Waals surface area contributed by atoms with E-state index in [1.165, 1.54) is 31.7 Å². The number of benzene rings is 1. The molecule has 0 aliphatic heterocycles. The van der Waals surface area contributed by atoms with Crippen molar-refractivity contribution in [2.24, 2.45) is 5.92 Å². The molecule has 1 aliphatic carbocycles.